The zero-order chi connectivity index (χ0) is 15.1. The summed E-state index contributed by atoms with van der Waals surface area (Å²) < 4.78 is 7.43. The number of nitriles is 1. The van der Waals surface area contributed by atoms with Crippen molar-refractivity contribution in [2.75, 3.05) is 18.6 Å². The molecule has 1 atom stereocenters. The summed E-state index contributed by atoms with van der Waals surface area (Å²) in [5.74, 6) is 1.48. The van der Waals surface area contributed by atoms with Crippen LogP contribution < -0.4 is 9.64 Å². The van der Waals surface area contributed by atoms with E-state index in [9.17, 15) is 0 Å². The molecular weight excluding hydrogens is 282 g/mol. The van der Waals surface area contributed by atoms with E-state index in [1.54, 1.807) is 17.1 Å². The average Bonchev–Trinajstić information content (AvgIpc) is 3.18. The zero-order valence-corrected chi connectivity index (χ0v) is 11.9. The van der Waals surface area contributed by atoms with Crippen molar-refractivity contribution >= 4 is 16.9 Å². The maximum absolute atomic E-state index is 8.92. The largest absolute Gasteiger partial charge is 0.476 e. The van der Waals surface area contributed by atoms with E-state index in [4.69, 9.17) is 10.00 Å². The molecule has 8 nitrogen and oxygen atoms in total. The number of hydrogen-bond donors (Lipinski definition) is 1. The van der Waals surface area contributed by atoms with E-state index >= 15 is 0 Å². The monoisotopic (exact) mass is 295 g/mol. The van der Waals surface area contributed by atoms with Crippen molar-refractivity contribution in [1.82, 2.24) is 24.7 Å². The third kappa shape index (κ3) is 1.87. The van der Waals surface area contributed by atoms with Gasteiger partial charge in [-0.15, -0.1) is 0 Å². The van der Waals surface area contributed by atoms with Crippen molar-refractivity contribution in [3.05, 3.63) is 30.4 Å². The van der Waals surface area contributed by atoms with Crippen LogP contribution in [0.2, 0.25) is 0 Å². The average molecular weight is 295 g/mol. The van der Waals surface area contributed by atoms with Crippen LogP contribution in [-0.2, 0) is 6.54 Å². The maximum Gasteiger partial charge on any atom is 0.213 e. The molecule has 0 radical (unpaired) electrons. The molecule has 0 spiro atoms. The van der Waals surface area contributed by atoms with Crippen molar-refractivity contribution in [2.45, 2.75) is 12.6 Å². The summed E-state index contributed by atoms with van der Waals surface area (Å²) in [5, 5.41) is 14.1. The van der Waals surface area contributed by atoms with E-state index < -0.39 is 0 Å². The summed E-state index contributed by atoms with van der Waals surface area (Å²) in [5.41, 5.74) is 1.17. The fraction of sp³-hybridized carbons (Fsp3) is 0.286. The van der Waals surface area contributed by atoms with E-state index in [2.05, 4.69) is 25.0 Å². The Labute approximate surface area is 126 Å². The minimum absolute atomic E-state index is 0.0759. The number of likely N-dealkylation sites (N-methyl/N-ethyl adjacent to an activating group) is 1. The number of hydrogen-bond acceptors (Lipinski definition) is 6. The predicted molar refractivity (Wildman–Crippen MR) is 78.5 cm³/mol. The van der Waals surface area contributed by atoms with Gasteiger partial charge >= 0.3 is 0 Å². The Hall–Kier alpha value is -3.08. The van der Waals surface area contributed by atoms with Crippen molar-refractivity contribution < 1.29 is 4.74 Å². The molecule has 0 saturated heterocycles. The second-order valence-electron chi connectivity index (χ2n) is 5.17. The minimum atomic E-state index is 0.0759. The summed E-state index contributed by atoms with van der Waals surface area (Å²) in [4.78, 5) is 13.7. The molecule has 1 N–H and O–H groups in total. The summed E-state index contributed by atoms with van der Waals surface area (Å²) in [6, 6.07) is 5.72. The number of fused-ring (bicyclic) bond motifs is 2. The maximum atomic E-state index is 8.92. The number of ether oxygens (including phenoxy) is 1. The summed E-state index contributed by atoms with van der Waals surface area (Å²) >= 11 is 0. The fourth-order valence-electron chi connectivity index (χ4n) is 2.68. The van der Waals surface area contributed by atoms with Gasteiger partial charge in [-0.1, -0.05) is 0 Å². The van der Waals surface area contributed by atoms with Gasteiger partial charge in [-0.05, 0) is 6.07 Å². The van der Waals surface area contributed by atoms with Gasteiger partial charge < -0.3 is 14.6 Å². The molecule has 0 saturated carbocycles. The molecule has 1 aliphatic heterocycles. The number of anilines is 1. The molecular formula is C14H13N7O. The van der Waals surface area contributed by atoms with E-state index in [0.29, 0.717) is 24.7 Å². The Kier molecular flexibility index (Phi) is 2.72. The smallest absolute Gasteiger partial charge is 0.213 e. The van der Waals surface area contributed by atoms with Crippen LogP contribution in [0.1, 0.15) is 5.69 Å². The molecule has 0 aromatic carbocycles. The number of rotatable bonds is 2. The van der Waals surface area contributed by atoms with E-state index in [0.717, 1.165) is 16.9 Å². The van der Waals surface area contributed by atoms with Crippen LogP contribution in [-0.4, -0.2) is 44.4 Å². The van der Waals surface area contributed by atoms with Crippen LogP contribution in [0, 0.1) is 11.3 Å². The fourth-order valence-corrected chi connectivity index (χ4v) is 2.68. The number of nitrogens with one attached hydrogen (secondary N) is 1. The van der Waals surface area contributed by atoms with Gasteiger partial charge in [-0.3, -0.25) is 0 Å². The van der Waals surface area contributed by atoms with E-state index in [-0.39, 0.29) is 6.04 Å². The molecule has 0 bridgehead atoms. The lowest BCUT2D eigenvalue weighted by atomic mass is 10.2. The highest BCUT2D eigenvalue weighted by Gasteiger charge is 2.26. The lowest BCUT2D eigenvalue weighted by molar-refractivity contribution is 0.202. The highest BCUT2D eigenvalue weighted by atomic mass is 16.5. The van der Waals surface area contributed by atoms with Crippen LogP contribution in [0.15, 0.2) is 24.7 Å². The quantitative estimate of drug-likeness (QED) is 0.755. The van der Waals surface area contributed by atoms with Crippen LogP contribution >= 0.6 is 0 Å². The van der Waals surface area contributed by atoms with E-state index in [1.807, 2.05) is 25.4 Å². The van der Waals surface area contributed by atoms with Gasteiger partial charge in [0.1, 0.15) is 30.5 Å². The Bertz CT molecular complexity index is 875. The van der Waals surface area contributed by atoms with Crippen LogP contribution in [0.25, 0.3) is 11.0 Å². The van der Waals surface area contributed by atoms with Crippen LogP contribution in [0.4, 0.5) is 5.82 Å². The molecule has 1 aliphatic rings. The van der Waals surface area contributed by atoms with Crippen molar-refractivity contribution in [3.8, 4) is 11.9 Å². The first-order valence-electron chi connectivity index (χ1n) is 6.88. The number of aromatic nitrogens is 5. The zero-order valence-electron chi connectivity index (χ0n) is 11.9. The molecule has 4 rings (SSSR count). The highest BCUT2D eigenvalue weighted by molar-refractivity contribution is 5.87. The molecule has 110 valence electrons. The first-order valence-corrected chi connectivity index (χ1v) is 6.88. The molecule has 3 aromatic heterocycles. The second-order valence-corrected chi connectivity index (χ2v) is 5.17. The van der Waals surface area contributed by atoms with Gasteiger partial charge in [-0.2, -0.15) is 10.4 Å². The molecule has 0 aliphatic carbocycles. The van der Waals surface area contributed by atoms with Crippen LogP contribution in [0.5, 0.6) is 5.88 Å². The Morgan fingerprint density at radius 3 is 3.27 bits per heavy atom. The third-order valence-electron chi connectivity index (χ3n) is 3.88. The second kappa shape index (κ2) is 4.73. The SMILES string of the molecule is CN(c1ncnc2[nH]ccc12)C1COc2cc(C#N)nn2C1. The number of nitrogens with zero attached hydrogens (tertiary/aromatic N) is 6. The van der Waals surface area contributed by atoms with Gasteiger partial charge in [0.2, 0.25) is 5.88 Å². The molecule has 4 heterocycles. The lowest BCUT2D eigenvalue weighted by Gasteiger charge is -2.32. The van der Waals surface area contributed by atoms with Crippen LogP contribution in [0.3, 0.4) is 0 Å². The first kappa shape index (κ1) is 12.6. The summed E-state index contributed by atoms with van der Waals surface area (Å²) in [7, 11) is 1.97. The third-order valence-corrected chi connectivity index (χ3v) is 3.88. The Morgan fingerprint density at radius 2 is 2.41 bits per heavy atom. The van der Waals surface area contributed by atoms with Crippen molar-refractivity contribution in [2.24, 2.45) is 0 Å². The van der Waals surface area contributed by atoms with Gasteiger partial charge in [-0.25, -0.2) is 14.6 Å². The molecule has 1 unspecified atom stereocenters. The predicted octanol–water partition coefficient (Wildman–Crippen LogP) is 0.923. The Balaban J connectivity index is 1.65. The molecule has 0 amide bonds. The number of aromatic amines is 1. The summed E-state index contributed by atoms with van der Waals surface area (Å²) in [6.07, 6.45) is 3.39. The summed E-state index contributed by atoms with van der Waals surface area (Å²) in [6.45, 7) is 1.16. The topological polar surface area (TPSA) is 95.7 Å². The molecule has 3 aromatic rings. The molecule has 0 fully saturated rings. The highest BCUT2D eigenvalue weighted by Crippen LogP contribution is 2.26. The minimum Gasteiger partial charge on any atom is -0.476 e. The number of H-pyrrole nitrogens is 1. The van der Waals surface area contributed by atoms with Crippen molar-refractivity contribution in [3.63, 3.8) is 0 Å². The van der Waals surface area contributed by atoms with Gasteiger partial charge in [0, 0.05) is 19.3 Å². The molecule has 22 heavy (non-hydrogen) atoms. The van der Waals surface area contributed by atoms with Gasteiger partial charge in [0.25, 0.3) is 0 Å². The van der Waals surface area contributed by atoms with Gasteiger partial charge in [0.15, 0.2) is 5.69 Å². The normalized spacial score (nSPS) is 16.8. The van der Waals surface area contributed by atoms with Crippen molar-refractivity contribution in [1.29, 1.82) is 5.26 Å². The van der Waals surface area contributed by atoms with E-state index in [1.165, 1.54) is 0 Å². The lowest BCUT2D eigenvalue weighted by Crippen LogP contribution is -2.43. The molecule has 8 heteroatoms. The standard InChI is InChI=1S/C14H13N7O/c1-20(14-11-2-3-16-13(11)17-8-18-14)10-6-21-12(22-7-10)4-9(5-15)19-21/h2-4,8,10H,6-7H2,1H3,(H,16,17,18). The van der Waals surface area contributed by atoms with Gasteiger partial charge in [0.05, 0.1) is 18.0 Å². The first-order chi connectivity index (χ1) is 10.8. The Morgan fingerprint density at radius 1 is 1.50 bits per heavy atom.